The lowest BCUT2D eigenvalue weighted by atomic mass is 10.1. The molecule has 3 atom stereocenters. The number of rotatable bonds is 3. The highest BCUT2D eigenvalue weighted by Crippen LogP contribution is 2.35. The molecule has 1 aromatic heterocycles. The number of carbonyl (C=O) groups excluding carboxylic acids is 1. The molecular formula is C13H18N4O. The number of likely N-dealkylation sites (N-methyl/N-ethyl adjacent to an activating group) is 1. The van der Waals surface area contributed by atoms with E-state index in [1.54, 1.807) is 6.20 Å². The van der Waals surface area contributed by atoms with Gasteiger partial charge in [0.2, 0.25) is 5.91 Å². The van der Waals surface area contributed by atoms with Gasteiger partial charge in [0.05, 0.1) is 5.69 Å². The van der Waals surface area contributed by atoms with Gasteiger partial charge in [0.1, 0.15) is 6.04 Å². The smallest absolute Gasteiger partial charge is 0.241 e. The molecule has 0 saturated carbocycles. The minimum atomic E-state index is -0.380. The monoisotopic (exact) mass is 246 g/mol. The van der Waals surface area contributed by atoms with E-state index in [-0.39, 0.29) is 11.9 Å². The van der Waals surface area contributed by atoms with Crippen molar-refractivity contribution in [2.75, 3.05) is 20.1 Å². The predicted molar refractivity (Wildman–Crippen MR) is 67.7 cm³/mol. The number of carbonyl (C=O) groups is 1. The van der Waals surface area contributed by atoms with Crippen LogP contribution >= 0.6 is 0 Å². The van der Waals surface area contributed by atoms with Crippen LogP contribution in [-0.4, -0.2) is 52.9 Å². The molecule has 1 amide bonds. The zero-order valence-electron chi connectivity index (χ0n) is 10.5. The number of pyridine rings is 1. The molecule has 18 heavy (non-hydrogen) atoms. The van der Waals surface area contributed by atoms with Crippen molar-refractivity contribution < 1.29 is 4.79 Å². The second-order valence-corrected chi connectivity index (χ2v) is 5.24. The molecule has 5 heteroatoms. The Morgan fingerprint density at radius 2 is 2.28 bits per heavy atom. The summed E-state index contributed by atoms with van der Waals surface area (Å²) < 4.78 is 0. The first-order valence-electron chi connectivity index (χ1n) is 6.33. The maximum Gasteiger partial charge on any atom is 0.241 e. The van der Waals surface area contributed by atoms with Crippen LogP contribution in [0.1, 0.15) is 18.2 Å². The summed E-state index contributed by atoms with van der Waals surface area (Å²) in [5.41, 5.74) is 6.34. The fourth-order valence-electron chi connectivity index (χ4n) is 3.23. The van der Waals surface area contributed by atoms with Crippen molar-refractivity contribution in [2.45, 2.75) is 24.5 Å². The molecule has 3 heterocycles. The molecule has 0 aliphatic carbocycles. The third-order valence-electron chi connectivity index (χ3n) is 4.13. The van der Waals surface area contributed by atoms with Crippen molar-refractivity contribution in [3.63, 3.8) is 0 Å². The van der Waals surface area contributed by atoms with Crippen LogP contribution in [0.4, 0.5) is 0 Å². The summed E-state index contributed by atoms with van der Waals surface area (Å²) in [5.74, 6) is -0.302. The minimum absolute atomic E-state index is 0.302. The maximum absolute atomic E-state index is 11.8. The number of nitrogens with two attached hydrogens (primary N) is 1. The molecule has 1 aromatic rings. The highest BCUT2D eigenvalue weighted by Gasteiger charge is 2.46. The van der Waals surface area contributed by atoms with E-state index in [0.717, 1.165) is 25.2 Å². The molecule has 2 fully saturated rings. The van der Waals surface area contributed by atoms with Gasteiger partial charge in [-0.2, -0.15) is 0 Å². The number of primary amides is 1. The van der Waals surface area contributed by atoms with Crippen molar-refractivity contribution in [1.82, 2.24) is 14.8 Å². The van der Waals surface area contributed by atoms with Crippen molar-refractivity contribution in [3.8, 4) is 0 Å². The maximum atomic E-state index is 11.8. The topological polar surface area (TPSA) is 62.5 Å². The Morgan fingerprint density at radius 1 is 1.44 bits per heavy atom. The number of piperazine rings is 1. The number of fused-ring (bicyclic) bond motifs is 2. The van der Waals surface area contributed by atoms with E-state index in [9.17, 15) is 4.79 Å². The summed E-state index contributed by atoms with van der Waals surface area (Å²) in [7, 11) is 2.14. The van der Waals surface area contributed by atoms with Gasteiger partial charge in [0.25, 0.3) is 0 Å². The Labute approximate surface area is 107 Å². The third kappa shape index (κ3) is 1.79. The fourth-order valence-corrected chi connectivity index (χ4v) is 3.23. The summed E-state index contributed by atoms with van der Waals surface area (Å²) in [5, 5.41) is 0. The zero-order chi connectivity index (χ0) is 12.7. The lowest BCUT2D eigenvalue weighted by Gasteiger charge is -2.35. The Bertz CT molecular complexity index is 448. The molecule has 96 valence electrons. The quantitative estimate of drug-likeness (QED) is 0.815. The number of hydrogen-bond acceptors (Lipinski definition) is 4. The normalized spacial score (nSPS) is 29.6. The number of aromatic nitrogens is 1. The molecule has 2 bridgehead atoms. The van der Waals surface area contributed by atoms with Crippen molar-refractivity contribution in [3.05, 3.63) is 30.1 Å². The molecule has 0 aromatic carbocycles. The van der Waals surface area contributed by atoms with Crippen LogP contribution in [-0.2, 0) is 4.79 Å². The minimum Gasteiger partial charge on any atom is -0.368 e. The molecule has 5 nitrogen and oxygen atoms in total. The van der Waals surface area contributed by atoms with E-state index < -0.39 is 0 Å². The van der Waals surface area contributed by atoms with Gasteiger partial charge >= 0.3 is 0 Å². The van der Waals surface area contributed by atoms with Gasteiger partial charge in [-0.15, -0.1) is 0 Å². The Kier molecular flexibility index (Phi) is 2.80. The van der Waals surface area contributed by atoms with E-state index in [1.165, 1.54) is 0 Å². The van der Waals surface area contributed by atoms with Crippen molar-refractivity contribution >= 4 is 5.91 Å². The van der Waals surface area contributed by atoms with Gasteiger partial charge in [-0.3, -0.25) is 14.7 Å². The van der Waals surface area contributed by atoms with E-state index in [4.69, 9.17) is 5.73 Å². The molecule has 3 unspecified atom stereocenters. The lowest BCUT2D eigenvalue weighted by Crippen LogP contribution is -2.49. The largest absolute Gasteiger partial charge is 0.368 e. The Balaban J connectivity index is 1.87. The number of nitrogens with zero attached hydrogens (tertiary/aromatic N) is 3. The second kappa shape index (κ2) is 4.33. The average molecular weight is 246 g/mol. The fraction of sp³-hybridized carbons (Fsp3) is 0.538. The number of amides is 1. The first-order valence-corrected chi connectivity index (χ1v) is 6.33. The van der Waals surface area contributed by atoms with Crippen molar-refractivity contribution in [2.24, 2.45) is 5.73 Å². The first kappa shape index (κ1) is 11.6. The van der Waals surface area contributed by atoms with Crippen LogP contribution in [0.3, 0.4) is 0 Å². The van der Waals surface area contributed by atoms with E-state index in [2.05, 4.69) is 21.8 Å². The van der Waals surface area contributed by atoms with E-state index in [0.29, 0.717) is 12.1 Å². The third-order valence-corrected chi connectivity index (χ3v) is 4.13. The molecule has 2 aliphatic rings. The number of likely N-dealkylation sites (tertiary alicyclic amines) is 2. The molecule has 2 N–H and O–H groups in total. The standard InChI is InChI=1S/C13H18N4O/c1-16-7-10-6-9(16)8-17(10)12(13(14)18)11-4-2-3-5-15-11/h2-5,9-10,12H,6-8H2,1H3,(H2,14,18). The summed E-state index contributed by atoms with van der Waals surface area (Å²) >= 11 is 0. The summed E-state index contributed by atoms with van der Waals surface area (Å²) in [4.78, 5) is 20.6. The van der Waals surface area contributed by atoms with Gasteiger partial charge in [-0.1, -0.05) is 6.07 Å². The predicted octanol–water partition coefficient (Wildman–Crippen LogP) is -0.00370. The molecular weight excluding hydrogens is 228 g/mol. The number of hydrogen-bond donors (Lipinski definition) is 1. The van der Waals surface area contributed by atoms with E-state index >= 15 is 0 Å². The zero-order valence-corrected chi connectivity index (χ0v) is 10.5. The van der Waals surface area contributed by atoms with Crippen LogP contribution in [0.2, 0.25) is 0 Å². The average Bonchev–Trinajstić information content (AvgIpc) is 2.89. The van der Waals surface area contributed by atoms with E-state index in [1.807, 2.05) is 18.2 Å². The summed E-state index contributed by atoms with van der Waals surface area (Å²) in [6.45, 7) is 1.92. The van der Waals surface area contributed by atoms with Gasteiger partial charge in [0.15, 0.2) is 0 Å². The Hall–Kier alpha value is -1.46. The molecule has 2 saturated heterocycles. The highest BCUT2D eigenvalue weighted by molar-refractivity contribution is 5.81. The van der Waals surface area contributed by atoms with Crippen LogP contribution in [0.25, 0.3) is 0 Å². The molecule has 2 aliphatic heterocycles. The lowest BCUT2D eigenvalue weighted by molar-refractivity contribution is -0.124. The molecule has 3 rings (SSSR count). The second-order valence-electron chi connectivity index (χ2n) is 5.24. The Morgan fingerprint density at radius 3 is 2.78 bits per heavy atom. The van der Waals surface area contributed by atoms with Crippen LogP contribution in [0.5, 0.6) is 0 Å². The SMILES string of the molecule is CN1CC2CC1CN2C(C(N)=O)c1ccccn1. The van der Waals surface area contributed by atoms with Gasteiger partial charge < -0.3 is 10.6 Å². The van der Waals surface area contributed by atoms with Gasteiger partial charge in [-0.25, -0.2) is 0 Å². The summed E-state index contributed by atoms with van der Waals surface area (Å²) in [6, 6.07) is 6.24. The van der Waals surface area contributed by atoms with Crippen molar-refractivity contribution in [1.29, 1.82) is 0 Å². The highest BCUT2D eigenvalue weighted by atomic mass is 16.1. The van der Waals surface area contributed by atoms with Gasteiger partial charge in [0, 0.05) is 31.4 Å². The first-order chi connectivity index (χ1) is 8.66. The van der Waals surface area contributed by atoms with Gasteiger partial charge in [-0.05, 0) is 25.6 Å². The van der Waals surface area contributed by atoms with Crippen LogP contribution in [0, 0.1) is 0 Å². The molecule has 0 radical (unpaired) electrons. The van der Waals surface area contributed by atoms with Crippen LogP contribution < -0.4 is 5.73 Å². The molecule has 0 spiro atoms. The summed E-state index contributed by atoms with van der Waals surface area (Å²) in [6.07, 6.45) is 2.85. The van der Waals surface area contributed by atoms with Crippen LogP contribution in [0.15, 0.2) is 24.4 Å².